The molecule has 0 atom stereocenters. The van der Waals surface area contributed by atoms with Crippen LogP contribution in [0, 0.1) is 5.92 Å². The normalized spacial score (nSPS) is 15.0. The van der Waals surface area contributed by atoms with Crippen molar-refractivity contribution in [3.8, 4) is 0 Å². The molecule has 1 amide bonds. The van der Waals surface area contributed by atoms with Crippen LogP contribution in [0.5, 0.6) is 0 Å². The summed E-state index contributed by atoms with van der Waals surface area (Å²) in [5, 5.41) is 6.89. The first-order chi connectivity index (χ1) is 12.8. The molecule has 2 aromatic heterocycles. The molecule has 2 aromatic rings. The molecule has 2 N–H and O–H groups in total. The average Bonchev–Trinajstić information content (AvgIpc) is 3.09. The van der Waals surface area contributed by atoms with Gasteiger partial charge in [0, 0.05) is 19.3 Å². The number of likely N-dealkylation sites (tertiary alicyclic amines) is 1. The molecule has 0 aromatic carbocycles. The first-order valence-corrected chi connectivity index (χ1v) is 8.65. The highest BCUT2D eigenvalue weighted by molar-refractivity contribution is 6.03. The first-order valence-electron chi connectivity index (χ1n) is 8.65. The van der Waals surface area contributed by atoms with Crippen LogP contribution < -0.4 is 0 Å². The molecule has 0 unspecified atom stereocenters. The van der Waals surface area contributed by atoms with Gasteiger partial charge in [-0.1, -0.05) is 0 Å². The minimum Gasteiger partial charge on any atom is -0.483 e. The second-order valence-electron chi connectivity index (χ2n) is 7.17. The van der Waals surface area contributed by atoms with E-state index in [4.69, 9.17) is 14.6 Å². The van der Waals surface area contributed by atoms with Crippen LogP contribution in [0.2, 0.25) is 0 Å². The summed E-state index contributed by atoms with van der Waals surface area (Å²) in [5.41, 5.74) is 1.27. The SMILES string of the molecule is CC(C)(C)OC(=O)C1CCN(C(=O)c2ccnc3nc[nH]c23)CC1.O=CO. The van der Waals surface area contributed by atoms with E-state index in [1.165, 1.54) is 6.33 Å². The Bertz CT molecular complexity index is 803. The number of carboxylic acid groups (broad SMARTS) is 1. The summed E-state index contributed by atoms with van der Waals surface area (Å²) >= 11 is 0. The van der Waals surface area contributed by atoms with Crippen LogP contribution >= 0.6 is 0 Å². The highest BCUT2D eigenvalue weighted by Gasteiger charge is 2.31. The largest absolute Gasteiger partial charge is 0.483 e. The number of hydrogen-bond acceptors (Lipinski definition) is 6. The molecule has 0 radical (unpaired) electrons. The Labute approximate surface area is 156 Å². The fourth-order valence-corrected chi connectivity index (χ4v) is 2.90. The van der Waals surface area contributed by atoms with Gasteiger partial charge in [0.15, 0.2) is 5.65 Å². The van der Waals surface area contributed by atoms with E-state index in [1.54, 1.807) is 17.2 Å². The van der Waals surface area contributed by atoms with Gasteiger partial charge in [-0.25, -0.2) is 9.97 Å². The van der Waals surface area contributed by atoms with E-state index in [9.17, 15) is 9.59 Å². The number of nitrogens with zero attached hydrogens (tertiary/aromatic N) is 3. The number of pyridine rings is 1. The van der Waals surface area contributed by atoms with E-state index in [0.29, 0.717) is 42.7 Å². The predicted octanol–water partition coefficient (Wildman–Crippen LogP) is 1.85. The van der Waals surface area contributed by atoms with Gasteiger partial charge in [-0.15, -0.1) is 0 Å². The van der Waals surface area contributed by atoms with Crippen molar-refractivity contribution in [2.75, 3.05) is 13.1 Å². The zero-order valence-electron chi connectivity index (χ0n) is 15.6. The number of aromatic amines is 1. The maximum Gasteiger partial charge on any atom is 0.309 e. The van der Waals surface area contributed by atoms with E-state index in [-0.39, 0.29) is 24.3 Å². The van der Waals surface area contributed by atoms with Crippen molar-refractivity contribution in [2.24, 2.45) is 5.92 Å². The molecular weight excluding hydrogens is 352 g/mol. The van der Waals surface area contributed by atoms with E-state index in [1.807, 2.05) is 20.8 Å². The van der Waals surface area contributed by atoms with Gasteiger partial charge in [0.2, 0.25) is 0 Å². The summed E-state index contributed by atoms with van der Waals surface area (Å²) in [6.45, 7) is 6.43. The first kappa shape index (κ1) is 20.3. The molecule has 1 saturated heterocycles. The topological polar surface area (TPSA) is 125 Å². The summed E-state index contributed by atoms with van der Waals surface area (Å²) in [4.78, 5) is 46.2. The van der Waals surface area contributed by atoms with Gasteiger partial charge in [0.1, 0.15) is 5.60 Å². The number of ether oxygens (including phenoxy) is 1. The Balaban J connectivity index is 0.000000817. The highest BCUT2D eigenvalue weighted by atomic mass is 16.6. The summed E-state index contributed by atoms with van der Waals surface area (Å²) in [7, 11) is 0. The standard InChI is InChI=1S/C17H22N4O3.CH2O2/c1-17(2,3)24-16(23)11-5-8-21(9-6-11)15(22)12-4-7-18-14-13(12)19-10-20-14;2-1-3/h4,7,10-11H,5-6,8-9H2,1-3H3,(H,18,19,20);1H,(H,2,3). The van der Waals surface area contributed by atoms with Gasteiger partial charge in [-0.3, -0.25) is 14.4 Å². The summed E-state index contributed by atoms with van der Waals surface area (Å²) in [6.07, 6.45) is 4.36. The highest BCUT2D eigenvalue weighted by Crippen LogP contribution is 2.23. The molecule has 0 saturated carbocycles. The van der Waals surface area contributed by atoms with Gasteiger partial charge in [0.05, 0.1) is 23.3 Å². The molecule has 3 heterocycles. The lowest BCUT2D eigenvalue weighted by molar-refractivity contribution is -0.161. The van der Waals surface area contributed by atoms with Crippen molar-refractivity contribution in [3.05, 3.63) is 24.2 Å². The van der Waals surface area contributed by atoms with Crippen LogP contribution in [0.4, 0.5) is 0 Å². The number of aromatic nitrogens is 3. The fraction of sp³-hybridized carbons (Fsp3) is 0.500. The Morgan fingerprint density at radius 1 is 1.30 bits per heavy atom. The molecular formula is C18H24N4O5. The number of piperidine rings is 1. The Morgan fingerprint density at radius 3 is 2.52 bits per heavy atom. The third kappa shape index (κ3) is 5.25. The number of carbonyl (C=O) groups is 3. The fourth-order valence-electron chi connectivity index (χ4n) is 2.90. The molecule has 1 aliphatic rings. The average molecular weight is 376 g/mol. The maximum absolute atomic E-state index is 12.8. The van der Waals surface area contributed by atoms with Crippen LogP contribution in [0.3, 0.4) is 0 Å². The molecule has 9 heteroatoms. The Morgan fingerprint density at radius 2 is 1.93 bits per heavy atom. The lowest BCUT2D eigenvalue weighted by Gasteiger charge is -2.32. The number of H-pyrrole nitrogens is 1. The van der Waals surface area contributed by atoms with Gasteiger partial charge in [-0.05, 0) is 39.7 Å². The third-order valence-electron chi connectivity index (χ3n) is 4.08. The number of imidazole rings is 1. The molecule has 1 fully saturated rings. The van der Waals surface area contributed by atoms with Crippen LogP contribution in [-0.2, 0) is 14.3 Å². The van der Waals surface area contributed by atoms with Crippen LogP contribution in [0.1, 0.15) is 44.0 Å². The van der Waals surface area contributed by atoms with Gasteiger partial charge in [0.25, 0.3) is 12.4 Å². The summed E-state index contributed by atoms with van der Waals surface area (Å²) in [5.74, 6) is -0.373. The molecule has 0 aliphatic carbocycles. The van der Waals surface area contributed by atoms with Gasteiger partial charge in [-0.2, -0.15) is 0 Å². The second-order valence-corrected chi connectivity index (χ2v) is 7.17. The zero-order valence-corrected chi connectivity index (χ0v) is 15.6. The monoisotopic (exact) mass is 376 g/mol. The molecule has 0 spiro atoms. The summed E-state index contributed by atoms with van der Waals surface area (Å²) < 4.78 is 5.44. The van der Waals surface area contributed by atoms with Crippen molar-refractivity contribution in [3.63, 3.8) is 0 Å². The minimum atomic E-state index is -0.479. The zero-order chi connectivity index (χ0) is 20.0. The number of hydrogen-bond donors (Lipinski definition) is 2. The minimum absolute atomic E-state index is 0.0608. The molecule has 0 bridgehead atoms. The summed E-state index contributed by atoms with van der Waals surface area (Å²) in [6, 6.07) is 1.70. The number of fused-ring (bicyclic) bond motifs is 1. The number of esters is 1. The number of amides is 1. The quantitative estimate of drug-likeness (QED) is 0.605. The number of rotatable bonds is 2. The van der Waals surface area contributed by atoms with Crippen molar-refractivity contribution >= 4 is 29.5 Å². The van der Waals surface area contributed by atoms with Gasteiger partial charge >= 0.3 is 5.97 Å². The van der Waals surface area contributed by atoms with Crippen molar-refractivity contribution in [1.82, 2.24) is 19.9 Å². The number of carbonyl (C=O) groups excluding carboxylic acids is 2. The second kappa shape index (κ2) is 8.61. The smallest absolute Gasteiger partial charge is 0.309 e. The van der Waals surface area contributed by atoms with Crippen LogP contribution in [0.15, 0.2) is 18.6 Å². The van der Waals surface area contributed by atoms with E-state index >= 15 is 0 Å². The van der Waals surface area contributed by atoms with Crippen molar-refractivity contribution < 1.29 is 24.2 Å². The van der Waals surface area contributed by atoms with Crippen LogP contribution in [0.25, 0.3) is 11.2 Å². The lowest BCUT2D eigenvalue weighted by atomic mass is 9.96. The van der Waals surface area contributed by atoms with Crippen molar-refractivity contribution in [1.29, 1.82) is 0 Å². The van der Waals surface area contributed by atoms with Crippen molar-refractivity contribution in [2.45, 2.75) is 39.2 Å². The van der Waals surface area contributed by atoms with E-state index in [0.717, 1.165) is 0 Å². The molecule has 27 heavy (non-hydrogen) atoms. The third-order valence-corrected chi connectivity index (χ3v) is 4.08. The molecule has 3 rings (SSSR count). The molecule has 146 valence electrons. The van der Waals surface area contributed by atoms with E-state index < -0.39 is 5.60 Å². The Kier molecular flexibility index (Phi) is 6.49. The van der Waals surface area contributed by atoms with Gasteiger partial charge < -0.3 is 19.7 Å². The van der Waals surface area contributed by atoms with Crippen LogP contribution in [-0.4, -0.2) is 62.0 Å². The maximum atomic E-state index is 12.8. The lowest BCUT2D eigenvalue weighted by Crippen LogP contribution is -2.41. The Hall–Kier alpha value is -2.97. The van der Waals surface area contributed by atoms with E-state index in [2.05, 4.69) is 15.0 Å². The molecule has 1 aliphatic heterocycles. The number of nitrogens with one attached hydrogen (secondary N) is 1. The predicted molar refractivity (Wildman–Crippen MR) is 97.1 cm³/mol. The molecule has 9 nitrogen and oxygen atoms in total.